The van der Waals surface area contributed by atoms with Gasteiger partial charge in [0.15, 0.2) is 13.6 Å². The Morgan fingerprint density at radius 1 is 0.516 bits per heavy atom. The molecule has 0 aromatic carbocycles. The third-order valence-corrected chi connectivity index (χ3v) is 3.42. The van der Waals surface area contributed by atoms with Gasteiger partial charge in [0, 0.05) is 26.1 Å². The number of hydrogen-bond acceptors (Lipinski definition) is 12. The van der Waals surface area contributed by atoms with Gasteiger partial charge in [-0.25, -0.2) is 4.79 Å². The highest BCUT2D eigenvalue weighted by atomic mass is 16.8. The lowest BCUT2D eigenvalue weighted by Crippen LogP contribution is -2.14. The molecule has 0 saturated heterocycles. The Balaban J connectivity index is 0. The van der Waals surface area contributed by atoms with Crippen LogP contribution in [0.1, 0.15) is 51.4 Å². The van der Waals surface area contributed by atoms with Crippen LogP contribution in [0.5, 0.6) is 0 Å². The maximum Gasteiger partial charge on any atom is 0.512 e. The van der Waals surface area contributed by atoms with Gasteiger partial charge in [0.2, 0.25) is 0 Å². The predicted molar refractivity (Wildman–Crippen MR) is 106 cm³/mol. The van der Waals surface area contributed by atoms with Crippen LogP contribution in [0.15, 0.2) is 0 Å². The van der Waals surface area contributed by atoms with Crippen molar-refractivity contribution >= 4 is 18.1 Å². The smallest absolute Gasteiger partial charge is 0.463 e. The van der Waals surface area contributed by atoms with Crippen molar-refractivity contribution in [3.8, 4) is 0 Å². The number of carbonyl (C=O) groups excluding carboxylic acids is 3. The van der Waals surface area contributed by atoms with Crippen molar-refractivity contribution in [3.05, 3.63) is 0 Å². The van der Waals surface area contributed by atoms with E-state index in [2.05, 4.69) is 9.47 Å². The fourth-order valence-electron chi connectivity index (χ4n) is 1.94. The van der Waals surface area contributed by atoms with Gasteiger partial charge in [-0.2, -0.15) is 0 Å². The van der Waals surface area contributed by atoms with Crippen molar-refractivity contribution in [1.29, 1.82) is 0 Å². The summed E-state index contributed by atoms with van der Waals surface area (Å²) in [6.45, 7) is -0.251. The van der Waals surface area contributed by atoms with Gasteiger partial charge in [0.1, 0.15) is 13.2 Å². The van der Waals surface area contributed by atoms with Crippen LogP contribution >= 0.6 is 0 Å². The maximum atomic E-state index is 11.3. The Morgan fingerprint density at radius 2 is 0.935 bits per heavy atom. The van der Waals surface area contributed by atoms with E-state index in [9.17, 15) is 14.4 Å². The van der Waals surface area contributed by atoms with Gasteiger partial charge >= 0.3 is 18.1 Å². The standard InChI is InChI=1S/C16H30O7.C3H6O5/c17-9-5-1-3-7-15(19)22-13-11-21-12-14-23-16(20)8-4-2-6-10-18;4-1-7-3(6)8-2-5/h17-18H,1-14H2;4-5H,1-2H2. The lowest BCUT2D eigenvalue weighted by atomic mass is 10.2. The summed E-state index contributed by atoms with van der Waals surface area (Å²) in [7, 11) is 0. The zero-order valence-corrected chi connectivity index (χ0v) is 17.9. The third-order valence-electron chi connectivity index (χ3n) is 3.42. The van der Waals surface area contributed by atoms with Crippen molar-refractivity contribution in [3.63, 3.8) is 0 Å². The first-order chi connectivity index (χ1) is 15.0. The number of carbonyl (C=O) groups is 3. The lowest BCUT2D eigenvalue weighted by Gasteiger charge is -2.07. The Morgan fingerprint density at radius 3 is 1.29 bits per heavy atom. The summed E-state index contributed by atoms with van der Waals surface area (Å²) >= 11 is 0. The molecule has 184 valence electrons. The molecule has 0 rings (SSSR count). The van der Waals surface area contributed by atoms with Crippen molar-refractivity contribution in [2.24, 2.45) is 0 Å². The third kappa shape index (κ3) is 28.0. The Kier molecular flexibility index (Phi) is 26.2. The van der Waals surface area contributed by atoms with E-state index in [0.29, 0.717) is 38.5 Å². The fourth-order valence-corrected chi connectivity index (χ4v) is 1.94. The molecule has 0 heterocycles. The first kappa shape index (κ1) is 31.2. The second-order valence-electron chi connectivity index (χ2n) is 5.92. The van der Waals surface area contributed by atoms with Crippen molar-refractivity contribution in [1.82, 2.24) is 0 Å². The number of aliphatic hydroxyl groups is 4. The Hall–Kier alpha value is -1.99. The Labute approximate surface area is 182 Å². The van der Waals surface area contributed by atoms with Crippen LogP contribution < -0.4 is 0 Å². The van der Waals surface area contributed by atoms with E-state index < -0.39 is 19.7 Å². The molecule has 0 aliphatic rings. The minimum atomic E-state index is -1.09. The summed E-state index contributed by atoms with van der Waals surface area (Å²) in [6, 6.07) is 0. The second-order valence-corrected chi connectivity index (χ2v) is 5.92. The monoisotopic (exact) mass is 456 g/mol. The molecule has 12 heteroatoms. The summed E-state index contributed by atoms with van der Waals surface area (Å²) in [5, 5.41) is 32.9. The molecule has 0 spiro atoms. The number of esters is 2. The summed E-state index contributed by atoms with van der Waals surface area (Å²) in [4.78, 5) is 32.5. The van der Waals surface area contributed by atoms with Crippen LogP contribution in [0, 0.1) is 0 Å². The molecule has 0 aliphatic heterocycles. The molecule has 0 atom stereocenters. The average molecular weight is 456 g/mol. The van der Waals surface area contributed by atoms with Crippen LogP contribution in [-0.2, 0) is 33.3 Å². The molecule has 31 heavy (non-hydrogen) atoms. The van der Waals surface area contributed by atoms with Crippen molar-refractivity contribution in [2.45, 2.75) is 51.4 Å². The first-order valence-corrected chi connectivity index (χ1v) is 10.1. The molecular formula is C19H36O12. The molecule has 0 radical (unpaired) electrons. The zero-order chi connectivity index (χ0) is 23.6. The number of ether oxygens (including phenoxy) is 5. The molecule has 12 nitrogen and oxygen atoms in total. The number of aliphatic hydroxyl groups excluding tert-OH is 4. The van der Waals surface area contributed by atoms with E-state index in [1.54, 1.807) is 0 Å². The first-order valence-electron chi connectivity index (χ1n) is 10.1. The van der Waals surface area contributed by atoms with Crippen LogP contribution in [0.2, 0.25) is 0 Å². The highest BCUT2D eigenvalue weighted by Gasteiger charge is 2.04. The SMILES string of the molecule is O=C(CCCCCO)OCCOCCOC(=O)CCCCCO.O=C(OCO)OCO. The van der Waals surface area contributed by atoms with Crippen LogP contribution in [0.3, 0.4) is 0 Å². The van der Waals surface area contributed by atoms with Crippen LogP contribution in [-0.4, -0.2) is 91.7 Å². The number of hydrogen-bond donors (Lipinski definition) is 4. The van der Waals surface area contributed by atoms with E-state index in [-0.39, 0.29) is 51.6 Å². The van der Waals surface area contributed by atoms with Crippen molar-refractivity contribution < 1.29 is 58.5 Å². The number of rotatable bonds is 18. The summed E-state index contributed by atoms with van der Waals surface area (Å²) in [5.74, 6) is -0.526. The zero-order valence-electron chi connectivity index (χ0n) is 17.9. The van der Waals surface area contributed by atoms with E-state index >= 15 is 0 Å². The average Bonchev–Trinajstić information content (AvgIpc) is 2.74. The van der Waals surface area contributed by atoms with Crippen molar-refractivity contribution in [2.75, 3.05) is 53.2 Å². The van der Waals surface area contributed by atoms with E-state index in [1.807, 2.05) is 0 Å². The molecule has 4 N–H and O–H groups in total. The minimum Gasteiger partial charge on any atom is -0.463 e. The molecule has 0 unspecified atom stereocenters. The molecule has 0 fully saturated rings. The molecular weight excluding hydrogens is 420 g/mol. The van der Waals surface area contributed by atoms with Gasteiger partial charge in [-0.1, -0.05) is 12.8 Å². The van der Waals surface area contributed by atoms with Gasteiger partial charge in [0.05, 0.1) is 13.2 Å². The predicted octanol–water partition coefficient (Wildman–Crippen LogP) is 0.234. The van der Waals surface area contributed by atoms with Gasteiger partial charge in [0.25, 0.3) is 0 Å². The largest absolute Gasteiger partial charge is 0.512 e. The lowest BCUT2D eigenvalue weighted by molar-refractivity contribution is -0.146. The van der Waals surface area contributed by atoms with Gasteiger partial charge in [-0.05, 0) is 25.7 Å². The van der Waals surface area contributed by atoms with Gasteiger partial charge < -0.3 is 44.1 Å². The Bertz CT molecular complexity index is 394. The fraction of sp³-hybridized carbons (Fsp3) is 0.842. The van der Waals surface area contributed by atoms with Crippen LogP contribution in [0.25, 0.3) is 0 Å². The normalized spacial score (nSPS) is 9.94. The molecule has 0 aliphatic carbocycles. The molecule has 0 saturated carbocycles. The molecule has 0 aromatic heterocycles. The van der Waals surface area contributed by atoms with Crippen LogP contribution in [0.4, 0.5) is 4.79 Å². The summed E-state index contributed by atoms with van der Waals surface area (Å²) < 4.78 is 22.8. The van der Waals surface area contributed by atoms with E-state index in [1.165, 1.54) is 0 Å². The maximum absolute atomic E-state index is 11.3. The summed E-state index contributed by atoms with van der Waals surface area (Å²) in [5.41, 5.74) is 0. The number of unbranched alkanes of at least 4 members (excludes halogenated alkanes) is 4. The minimum absolute atomic E-state index is 0.149. The highest BCUT2D eigenvalue weighted by molar-refractivity contribution is 5.69. The quantitative estimate of drug-likeness (QED) is 0.0956. The molecule has 0 amide bonds. The second kappa shape index (κ2) is 26.0. The van der Waals surface area contributed by atoms with Gasteiger partial charge in [-0.3, -0.25) is 9.59 Å². The highest BCUT2D eigenvalue weighted by Crippen LogP contribution is 2.01. The topological polar surface area (TPSA) is 178 Å². The summed E-state index contributed by atoms with van der Waals surface area (Å²) in [6.07, 6.45) is 4.09. The van der Waals surface area contributed by atoms with Gasteiger partial charge in [-0.15, -0.1) is 0 Å². The molecule has 0 aromatic rings. The van der Waals surface area contributed by atoms with E-state index in [4.69, 9.17) is 34.6 Å². The van der Waals surface area contributed by atoms with E-state index in [0.717, 1.165) is 12.8 Å². The molecule has 0 bridgehead atoms.